The van der Waals surface area contributed by atoms with Crippen molar-refractivity contribution in [2.75, 3.05) is 41.9 Å². The Morgan fingerprint density at radius 1 is 0.979 bits per heavy atom. The molecule has 3 aromatic heterocycles. The second kappa shape index (κ2) is 13.6. The highest BCUT2D eigenvalue weighted by Crippen LogP contribution is 2.39. The Balaban J connectivity index is 1.16. The lowest BCUT2D eigenvalue weighted by molar-refractivity contribution is -0.137. The number of alkyl halides is 3. The SMILES string of the molecule is COc1ncc(-c2ccc(N(C(=O)COc3ccccc3)C3CCC(Nc4ncc(C(F)(F)F)c(N5CC(C)(O)C5)n4)CC3)nc2)cn1. The van der Waals surface area contributed by atoms with Crippen molar-refractivity contribution in [3.8, 4) is 22.9 Å². The molecule has 48 heavy (non-hydrogen) atoms. The number of aromatic nitrogens is 5. The number of carbonyl (C=O) groups excluding carboxylic acids is 1. The number of benzene rings is 1. The van der Waals surface area contributed by atoms with Crippen LogP contribution in [0.4, 0.5) is 30.8 Å². The van der Waals surface area contributed by atoms with Crippen LogP contribution in [0.15, 0.2) is 67.3 Å². The van der Waals surface area contributed by atoms with Gasteiger partial charge in [0.05, 0.1) is 12.7 Å². The van der Waals surface area contributed by atoms with Gasteiger partial charge in [0.2, 0.25) is 5.95 Å². The van der Waals surface area contributed by atoms with Crippen LogP contribution >= 0.6 is 0 Å². The summed E-state index contributed by atoms with van der Waals surface area (Å²) in [7, 11) is 1.49. The summed E-state index contributed by atoms with van der Waals surface area (Å²) in [5.41, 5.74) is -0.522. The summed E-state index contributed by atoms with van der Waals surface area (Å²) < 4.78 is 52.0. The fourth-order valence-electron chi connectivity index (χ4n) is 5.99. The number of nitrogens with one attached hydrogen (secondary N) is 1. The van der Waals surface area contributed by atoms with Crippen LogP contribution in [0.2, 0.25) is 0 Å². The number of amides is 1. The molecule has 1 saturated heterocycles. The molecule has 12 nitrogen and oxygen atoms in total. The van der Waals surface area contributed by atoms with E-state index in [-0.39, 0.29) is 55.5 Å². The molecule has 2 aliphatic rings. The Kier molecular flexibility index (Phi) is 9.31. The molecule has 15 heteroatoms. The van der Waals surface area contributed by atoms with E-state index in [1.165, 1.54) is 12.0 Å². The number of ether oxygens (including phenoxy) is 2. The first kappa shape index (κ1) is 32.9. The third-order valence-corrected chi connectivity index (χ3v) is 8.34. The molecule has 1 saturated carbocycles. The van der Waals surface area contributed by atoms with Crippen molar-refractivity contribution < 1.29 is 32.5 Å². The number of pyridine rings is 1. The first-order valence-electron chi connectivity index (χ1n) is 15.5. The zero-order chi connectivity index (χ0) is 33.9. The summed E-state index contributed by atoms with van der Waals surface area (Å²) >= 11 is 0. The summed E-state index contributed by atoms with van der Waals surface area (Å²) in [4.78, 5) is 37.8. The molecule has 0 atom stereocenters. The van der Waals surface area contributed by atoms with Crippen LogP contribution < -0.4 is 24.6 Å². The minimum absolute atomic E-state index is 0.0401. The topological polar surface area (TPSA) is 139 Å². The number of hydrogen-bond donors (Lipinski definition) is 2. The largest absolute Gasteiger partial charge is 0.484 e. The van der Waals surface area contributed by atoms with Gasteiger partial charge in [0.25, 0.3) is 5.91 Å². The molecule has 2 fully saturated rings. The van der Waals surface area contributed by atoms with Gasteiger partial charge >= 0.3 is 12.2 Å². The maximum absolute atomic E-state index is 13.7. The molecule has 4 heterocycles. The Labute approximate surface area is 275 Å². The van der Waals surface area contributed by atoms with Crippen molar-refractivity contribution in [1.29, 1.82) is 0 Å². The molecule has 252 valence electrons. The highest BCUT2D eigenvalue weighted by atomic mass is 19.4. The predicted molar refractivity (Wildman–Crippen MR) is 171 cm³/mol. The fraction of sp³-hybridized carbons (Fsp3) is 0.394. The molecule has 4 aromatic rings. The van der Waals surface area contributed by atoms with Crippen molar-refractivity contribution in [2.24, 2.45) is 0 Å². The Bertz CT molecular complexity index is 1690. The van der Waals surface area contributed by atoms with E-state index in [0.717, 1.165) is 17.3 Å². The molecule has 0 radical (unpaired) electrons. The Hall–Kier alpha value is -5.05. The lowest BCUT2D eigenvalue weighted by atomic mass is 9.90. The van der Waals surface area contributed by atoms with E-state index in [9.17, 15) is 23.1 Å². The van der Waals surface area contributed by atoms with Crippen molar-refractivity contribution in [3.63, 3.8) is 0 Å². The van der Waals surface area contributed by atoms with E-state index in [1.807, 2.05) is 24.3 Å². The monoisotopic (exact) mass is 664 g/mol. The van der Waals surface area contributed by atoms with Crippen LogP contribution in [0.3, 0.4) is 0 Å². The number of hydrogen-bond acceptors (Lipinski definition) is 11. The average Bonchev–Trinajstić information content (AvgIpc) is 3.07. The van der Waals surface area contributed by atoms with E-state index in [1.54, 1.807) is 48.6 Å². The summed E-state index contributed by atoms with van der Waals surface area (Å²) in [6, 6.07) is 12.6. The molecule has 2 N–H and O–H groups in total. The third-order valence-electron chi connectivity index (χ3n) is 8.34. The van der Waals surface area contributed by atoms with E-state index in [4.69, 9.17) is 9.47 Å². The molecule has 0 bridgehead atoms. The second-order valence-corrected chi connectivity index (χ2v) is 12.2. The lowest BCUT2D eigenvalue weighted by Gasteiger charge is -2.45. The summed E-state index contributed by atoms with van der Waals surface area (Å²) in [6.45, 7) is 1.46. The number of carbonyl (C=O) groups is 1. The number of nitrogens with zero attached hydrogens (tertiary/aromatic N) is 7. The molecule has 0 spiro atoms. The zero-order valence-electron chi connectivity index (χ0n) is 26.4. The van der Waals surface area contributed by atoms with Gasteiger partial charge in [-0.25, -0.2) is 19.9 Å². The van der Waals surface area contributed by atoms with Crippen LogP contribution in [0.1, 0.15) is 38.2 Å². The highest BCUT2D eigenvalue weighted by Gasteiger charge is 2.43. The van der Waals surface area contributed by atoms with E-state index >= 15 is 0 Å². The van der Waals surface area contributed by atoms with Gasteiger partial charge in [-0.3, -0.25) is 9.69 Å². The number of methoxy groups -OCH3 is 1. The predicted octanol–water partition coefficient (Wildman–Crippen LogP) is 4.76. The molecule has 1 aromatic carbocycles. The molecule has 1 amide bonds. The Morgan fingerprint density at radius 3 is 2.27 bits per heavy atom. The second-order valence-electron chi connectivity index (χ2n) is 12.2. The zero-order valence-corrected chi connectivity index (χ0v) is 26.4. The number of aliphatic hydroxyl groups is 1. The number of rotatable bonds is 10. The van der Waals surface area contributed by atoms with Gasteiger partial charge in [0.15, 0.2) is 6.61 Å². The molecule has 0 unspecified atom stereocenters. The van der Waals surface area contributed by atoms with Crippen molar-refractivity contribution >= 4 is 23.5 Å². The van der Waals surface area contributed by atoms with Gasteiger partial charge in [-0.15, -0.1) is 0 Å². The standard InChI is InChI=1S/C33H35F3N8O4/c1-32(46)19-43(20-32)29-26(33(34,35)36)17-38-30(42-29)41-23-9-11-24(12-10-23)44(28(45)18-48-25-6-4-3-5-7-25)27-13-8-21(14-37-27)22-15-39-31(47-2)40-16-22/h3-8,13-17,23-24,46H,9-12,18-20H2,1-2H3,(H,38,41,42). The quantitative estimate of drug-likeness (QED) is 0.243. The molecular formula is C33H35F3N8O4. The smallest absolute Gasteiger partial charge is 0.421 e. The van der Waals surface area contributed by atoms with E-state index < -0.39 is 17.3 Å². The van der Waals surface area contributed by atoms with Crippen LogP contribution in [-0.4, -0.2) is 80.4 Å². The van der Waals surface area contributed by atoms with Crippen molar-refractivity contribution in [2.45, 2.75) is 56.5 Å². The molecule has 6 rings (SSSR count). The third kappa shape index (κ3) is 7.56. The summed E-state index contributed by atoms with van der Waals surface area (Å²) in [5, 5.41) is 13.3. The van der Waals surface area contributed by atoms with Gasteiger partial charge in [-0.1, -0.05) is 18.2 Å². The first-order chi connectivity index (χ1) is 23.0. The van der Waals surface area contributed by atoms with Gasteiger partial charge in [0, 0.05) is 61.1 Å². The number of anilines is 3. The minimum atomic E-state index is -4.64. The maximum atomic E-state index is 13.7. The van der Waals surface area contributed by atoms with Crippen LogP contribution in [0, 0.1) is 0 Å². The van der Waals surface area contributed by atoms with Gasteiger partial charge in [0.1, 0.15) is 22.9 Å². The van der Waals surface area contributed by atoms with Gasteiger partial charge in [-0.05, 0) is 56.9 Å². The van der Waals surface area contributed by atoms with Crippen molar-refractivity contribution in [1.82, 2.24) is 24.9 Å². The minimum Gasteiger partial charge on any atom is -0.484 e. The Morgan fingerprint density at radius 2 is 1.67 bits per heavy atom. The molecule has 1 aliphatic heterocycles. The summed E-state index contributed by atoms with van der Waals surface area (Å²) in [5.74, 6) is 0.596. The number of β-amino-alcohol motifs (C(OH)–C–C–N with tert-alkyl or cyclic N) is 1. The van der Waals surface area contributed by atoms with Gasteiger partial charge < -0.3 is 24.8 Å². The van der Waals surface area contributed by atoms with Crippen LogP contribution in [-0.2, 0) is 11.0 Å². The normalized spacial score (nSPS) is 18.8. The highest BCUT2D eigenvalue weighted by molar-refractivity contribution is 5.94. The number of halogens is 3. The van der Waals surface area contributed by atoms with E-state index in [2.05, 4.69) is 30.2 Å². The fourth-order valence-corrected chi connectivity index (χ4v) is 5.99. The molecular weight excluding hydrogens is 629 g/mol. The van der Waals surface area contributed by atoms with E-state index in [0.29, 0.717) is 37.3 Å². The lowest BCUT2D eigenvalue weighted by Crippen LogP contribution is -2.60. The maximum Gasteiger partial charge on any atom is 0.421 e. The molecule has 1 aliphatic carbocycles. The van der Waals surface area contributed by atoms with Crippen LogP contribution in [0.5, 0.6) is 11.8 Å². The van der Waals surface area contributed by atoms with Gasteiger partial charge in [-0.2, -0.15) is 18.2 Å². The van der Waals surface area contributed by atoms with Crippen LogP contribution in [0.25, 0.3) is 11.1 Å². The van der Waals surface area contributed by atoms with Crippen molar-refractivity contribution in [3.05, 3.63) is 72.8 Å². The summed E-state index contributed by atoms with van der Waals surface area (Å²) in [6.07, 6.45) is 3.45. The first-order valence-corrected chi connectivity index (χ1v) is 15.5. The average molecular weight is 665 g/mol. The number of para-hydroxylation sites is 1.